The Hall–Kier alpha value is -3.12. The Morgan fingerprint density at radius 2 is 1.72 bits per heavy atom. The zero-order valence-corrected chi connectivity index (χ0v) is 19.1. The Morgan fingerprint density at radius 3 is 2.38 bits per heavy atom. The number of hydrogen-bond donors (Lipinski definition) is 0. The van der Waals surface area contributed by atoms with E-state index in [1.54, 1.807) is 23.1 Å². The van der Waals surface area contributed by atoms with E-state index in [4.69, 9.17) is 9.15 Å². The molecule has 1 unspecified atom stereocenters. The molecule has 0 N–H and O–H groups in total. The summed E-state index contributed by atoms with van der Waals surface area (Å²) in [5, 5.41) is 0.495. The molecule has 2 aromatic carbocycles. The van der Waals surface area contributed by atoms with Crippen LogP contribution in [0, 0.1) is 0 Å². The van der Waals surface area contributed by atoms with E-state index in [1.807, 2.05) is 44.2 Å². The molecule has 0 saturated carbocycles. The molecule has 1 aliphatic rings. The lowest BCUT2D eigenvalue weighted by atomic mass is 9.98. The van der Waals surface area contributed by atoms with Crippen molar-refractivity contribution in [1.29, 1.82) is 0 Å². The Labute approximate surface area is 188 Å². The maximum atomic E-state index is 13.5. The number of likely N-dealkylation sites (N-methyl/N-ethyl adjacent to an activating group) is 1. The van der Waals surface area contributed by atoms with Gasteiger partial charge >= 0.3 is 0 Å². The number of fused-ring (bicyclic) bond motifs is 2. The van der Waals surface area contributed by atoms with E-state index in [0.29, 0.717) is 23.1 Å². The molecule has 168 valence electrons. The first-order valence-corrected chi connectivity index (χ1v) is 11.3. The van der Waals surface area contributed by atoms with E-state index in [9.17, 15) is 9.59 Å². The Balaban J connectivity index is 1.80. The van der Waals surface area contributed by atoms with Crippen LogP contribution >= 0.6 is 0 Å². The molecule has 1 atom stereocenters. The highest BCUT2D eigenvalue weighted by Crippen LogP contribution is 2.38. The van der Waals surface area contributed by atoms with E-state index in [1.165, 1.54) is 0 Å². The van der Waals surface area contributed by atoms with Gasteiger partial charge in [0.2, 0.25) is 5.76 Å². The molecule has 32 heavy (non-hydrogen) atoms. The van der Waals surface area contributed by atoms with Crippen LogP contribution in [0.3, 0.4) is 0 Å². The van der Waals surface area contributed by atoms with Crippen LogP contribution < -0.4 is 10.2 Å². The average molecular weight is 435 g/mol. The number of para-hydroxylation sites is 1. The van der Waals surface area contributed by atoms with Gasteiger partial charge in [0.05, 0.1) is 23.1 Å². The van der Waals surface area contributed by atoms with Crippen LogP contribution in [0.25, 0.3) is 11.0 Å². The van der Waals surface area contributed by atoms with Gasteiger partial charge in [0.25, 0.3) is 5.91 Å². The molecule has 3 aromatic rings. The number of benzene rings is 2. The number of nitrogens with zero attached hydrogens (tertiary/aromatic N) is 2. The summed E-state index contributed by atoms with van der Waals surface area (Å²) in [6.45, 7) is 11.2. The molecule has 6 nitrogen and oxygen atoms in total. The molecule has 2 heterocycles. The van der Waals surface area contributed by atoms with Crippen molar-refractivity contribution in [2.24, 2.45) is 0 Å². The van der Waals surface area contributed by atoms with Crippen LogP contribution in [0.5, 0.6) is 5.75 Å². The predicted octanol–water partition coefficient (Wildman–Crippen LogP) is 4.47. The zero-order valence-electron chi connectivity index (χ0n) is 19.1. The summed E-state index contributed by atoms with van der Waals surface area (Å²) in [6.07, 6.45) is 0.0682. The smallest absolute Gasteiger partial charge is 0.290 e. The van der Waals surface area contributed by atoms with Crippen molar-refractivity contribution >= 4 is 16.9 Å². The van der Waals surface area contributed by atoms with Crippen LogP contribution in [-0.4, -0.2) is 48.0 Å². The van der Waals surface area contributed by atoms with Crippen molar-refractivity contribution in [2.45, 2.75) is 39.8 Å². The van der Waals surface area contributed by atoms with E-state index in [-0.39, 0.29) is 23.2 Å². The third-order valence-electron chi connectivity index (χ3n) is 5.99. The van der Waals surface area contributed by atoms with Gasteiger partial charge in [-0.1, -0.05) is 38.1 Å². The standard InChI is InChI=1S/C26H30N2O4/c1-5-27(6-2)15-16-28-23(18-11-13-19(14-12-18)31-17(3)4)22-24(29)20-9-7-8-10-21(20)32-25(22)26(28)30/h7-14,17,23H,5-6,15-16H2,1-4H3. The minimum absolute atomic E-state index is 0.0682. The fraction of sp³-hybridized carbons (Fsp3) is 0.385. The summed E-state index contributed by atoms with van der Waals surface area (Å²) >= 11 is 0. The zero-order chi connectivity index (χ0) is 22.8. The molecule has 6 heteroatoms. The fourth-order valence-electron chi connectivity index (χ4n) is 4.33. The van der Waals surface area contributed by atoms with E-state index >= 15 is 0 Å². The van der Waals surface area contributed by atoms with Gasteiger partial charge in [-0.05, 0) is 56.8 Å². The number of amides is 1. The van der Waals surface area contributed by atoms with Crippen molar-refractivity contribution in [1.82, 2.24) is 9.80 Å². The molecule has 0 bridgehead atoms. The molecular formula is C26H30N2O4. The minimum Gasteiger partial charge on any atom is -0.491 e. The summed E-state index contributed by atoms with van der Waals surface area (Å²) in [5.74, 6) is 0.678. The van der Waals surface area contributed by atoms with Gasteiger partial charge in [0, 0.05) is 13.1 Å². The summed E-state index contributed by atoms with van der Waals surface area (Å²) in [7, 11) is 0. The lowest BCUT2D eigenvalue weighted by Crippen LogP contribution is -2.37. The second-order valence-electron chi connectivity index (χ2n) is 8.33. The van der Waals surface area contributed by atoms with Crippen molar-refractivity contribution < 1.29 is 13.9 Å². The number of ether oxygens (including phenoxy) is 1. The summed E-state index contributed by atoms with van der Waals surface area (Å²) in [6, 6.07) is 14.3. The minimum atomic E-state index is -0.484. The lowest BCUT2D eigenvalue weighted by molar-refractivity contribution is 0.0708. The van der Waals surface area contributed by atoms with Gasteiger partial charge in [0.1, 0.15) is 11.3 Å². The van der Waals surface area contributed by atoms with Crippen LogP contribution in [-0.2, 0) is 0 Å². The summed E-state index contributed by atoms with van der Waals surface area (Å²) in [4.78, 5) is 30.9. The van der Waals surface area contributed by atoms with Gasteiger partial charge in [-0.25, -0.2) is 0 Å². The van der Waals surface area contributed by atoms with Crippen molar-refractivity contribution in [3.63, 3.8) is 0 Å². The van der Waals surface area contributed by atoms with Crippen LogP contribution in [0.1, 0.15) is 55.4 Å². The third-order valence-corrected chi connectivity index (χ3v) is 5.99. The average Bonchev–Trinajstić information content (AvgIpc) is 3.07. The second-order valence-corrected chi connectivity index (χ2v) is 8.33. The van der Waals surface area contributed by atoms with Crippen LogP contribution in [0.2, 0.25) is 0 Å². The van der Waals surface area contributed by atoms with E-state index in [2.05, 4.69) is 18.7 Å². The molecule has 1 amide bonds. The van der Waals surface area contributed by atoms with Crippen LogP contribution in [0.15, 0.2) is 57.7 Å². The Bertz CT molecular complexity index is 1160. The molecule has 0 fully saturated rings. The monoisotopic (exact) mass is 434 g/mol. The van der Waals surface area contributed by atoms with E-state index < -0.39 is 6.04 Å². The van der Waals surface area contributed by atoms with Gasteiger partial charge < -0.3 is 19.0 Å². The molecule has 0 saturated heterocycles. The van der Waals surface area contributed by atoms with Crippen molar-refractivity contribution in [3.05, 3.63) is 75.6 Å². The first-order valence-electron chi connectivity index (χ1n) is 11.3. The molecule has 0 aliphatic carbocycles. The highest BCUT2D eigenvalue weighted by molar-refractivity contribution is 5.99. The first kappa shape index (κ1) is 22.1. The largest absolute Gasteiger partial charge is 0.491 e. The highest BCUT2D eigenvalue weighted by atomic mass is 16.5. The predicted molar refractivity (Wildman–Crippen MR) is 125 cm³/mol. The van der Waals surface area contributed by atoms with Gasteiger partial charge in [-0.2, -0.15) is 0 Å². The maximum absolute atomic E-state index is 13.5. The maximum Gasteiger partial charge on any atom is 0.290 e. The first-order chi connectivity index (χ1) is 15.4. The fourth-order valence-corrected chi connectivity index (χ4v) is 4.33. The van der Waals surface area contributed by atoms with Crippen molar-refractivity contribution in [3.8, 4) is 5.75 Å². The second kappa shape index (κ2) is 9.17. The normalized spacial score (nSPS) is 15.8. The molecule has 0 radical (unpaired) electrons. The molecular weight excluding hydrogens is 404 g/mol. The molecule has 0 spiro atoms. The quantitative estimate of drug-likeness (QED) is 0.524. The van der Waals surface area contributed by atoms with Gasteiger partial charge in [-0.15, -0.1) is 0 Å². The third kappa shape index (κ3) is 4.02. The number of rotatable bonds is 8. The number of carbonyl (C=O) groups is 1. The Kier molecular flexibility index (Phi) is 6.33. The summed E-state index contributed by atoms with van der Waals surface area (Å²) < 4.78 is 11.8. The molecule has 1 aromatic heterocycles. The Morgan fingerprint density at radius 1 is 1.03 bits per heavy atom. The number of hydrogen-bond acceptors (Lipinski definition) is 5. The molecule has 4 rings (SSSR count). The van der Waals surface area contributed by atoms with Crippen LogP contribution in [0.4, 0.5) is 0 Å². The van der Waals surface area contributed by atoms with E-state index in [0.717, 1.165) is 30.9 Å². The van der Waals surface area contributed by atoms with Gasteiger partial charge in [0.15, 0.2) is 5.43 Å². The lowest BCUT2D eigenvalue weighted by Gasteiger charge is -2.28. The van der Waals surface area contributed by atoms with Crippen molar-refractivity contribution in [2.75, 3.05) is 26.2 Å². The summed E-state index contributed by atoms with van der Waals surface area (Å²) in [5.41, 5.74) is 1.59. The highest BCUT2D eigenvalue weighted by Gasteiger charge is 2.42. The van der Waals surface area contributed by atoms with Gasteiger partial charge in [-0.3, -0.25) is 9.59 Å². The topological polar surface area (TPSA) is 63.0 Å². The number of carbonyl (C=O) groups excluding carboxylic acids is 1. The SMILES string of the molecule is CCN(CC)CCN1C(=O)c2oc3ccccc3c(=O)c2C1c1ccc(OC(C)C)cc1. The molecule has 1 aliphatic heterocycles.